The van der Waals surface area contributed by atoms with Crippen molar-refractivity contribution in [2.24, 2.45) is 0 Å². The molecule has 0 unspecified atom stereocenters. The molecule has 0 aliphatic carbocycles. The zero-order chi connectivity index (χ0) is 10.4. The second kappa shape index (κ2) is 5.12. The van der Waals surface area contributed by atoms with Crippen LogP contribution in [0.4, 0.5) is 0 Å². The molecule has 1 aliphatic rings. The Morgan fingerprint density at radius 3 is 2.79 bits per heavy atom. The minimum Gasteiger partial charge on any atom is -0.468 e. The van der Waals surface area contributed by atoms with Crippen molar-refractivity contribution in [1.29, 1.82) is 0 Å². The van der Waals surface area contributed by atoms with Gasteiger partial charge in [0.15, 0.2) is 0 Å². The van der Waals surface area contributed by atoms with E-state index in [1.54, 1.807) is 6.08 Å². The average Bonchev–Trinajstić information content (AvgIpc) is 2.26. The van der Waals surface area contributed by atoms with Gasteiger partial charge in [0, 0.05) is 6.54 Å². The molecular formula is C10H18N2O2. The zero-order valence-corrected chi connectivity index (χ0v) is 8.64. The average molecular weight is 198 g/mol. The standard InChI is InChI=1S/C10H18N2O2/c1-3-6-12-10(9(13)14-2)4-7-11-8-5-10/h3,11-12H,1,4-8H2,2H3. The number of methoxy groups -OCH3 is 1. The third-order valence-electron chi connectivity index (χ3n) is 2.62. The van der Waals surface area contributed by atoms with Crippen LogP contribution in [0.2, 0.25) is 0 Å². The second-order valence-electron chi connectivity index (χ2n) is 3.49. The lowest BCUT2D eigenvalue weighted by Crippen LogP contribution is -2.58. The molecule has 1 aliphatic heterocycles. The summed E-state index contributed by atoms with van der Waals surface area (Å²) in [5.41, 5.74) is -0.506. The molecule has 0 aromatic heterocycles. The number of nitrogens with one attached hydrogen (secondary N) is 2. The Kier molecular flexibility index (Phi) is 4.10. The highest BCUT2D eigenvalue weighted by Crippen LogP contribution is 2.19. The Labute approximate surface area is 84.7 Å². The summed E-state index contributed by atoms with van der Waals surface area (Å²) in [7, 11) is 1.43. The highest BCUT2D eigenvalue weighted by molar-refractivity contribution is 5.81. The topological polar surface area (TPSA) is 50.4 Å². The summed E-state index contributed by atoms with van der Waals surface area (Å²) in [6, 6.07) is 0. The van der Waals surface area contributed by atoms with E-state index in [1.807, 2.05) is 0 Å². The van der Waals surface area contributed by atoms with E-state index >= 15 is 0 Å². The lowest BCUT2D eigenvalue weighted by atomic mass is 9.88. The van der Waals surface area contributed by atoms with Gasteiger partial charge in [0.05, 0.1) is 7.11 Å². The molecule has 0 atom stereocenters. The molecule has 1 heterocycles. The van der Waals surface area contributed by atoms with Crippen molar-refractivity contribution in [3.05, 3.63) is 12.7 Å². The van der Waals surface area contributed by atoms with E-state index in [9.17, 15) is 4.79 Å². The van der Waals surface area contributed by atoms with Crippen molar-refractivity contribution < 1.29 is 9.53 Å². The molecule has 0 spiro atoms. The number of hydrogen-bond acceptors (Lipinski definition) is 4. The molecule has 2 N–H and O–H groups in total. The van der Waals surface area contributed by atoms with Crippen LogP contribution in [0.25, 0.3) is 0 Å². The lowest BCUT2D eigenvalue weighted by molar-refractivity contribution is -0.149. The van der Waals surface area contributed by atoms with Crippen molar-refractivity contribution in [3.63, 3.8) is 0 Å². The van der Waals surface area contributed by atoms with Crippen LogP contribution in [-0.4, -0.2) is 38.3 Å². The molecule has 0 aromatic carbocycles. The van der Waals surface area contributed by atoms with Gasteiger partial charge in [-0.3, -0.25) is 10.1 Å². The third-order valence-corrected chi connectivity index (χ3v) is 2.62. The number of esters is 1. The van der Waals surface area contributed by atoms with Gasteiger partial charge in [0.25, 0.3) is 0 Å². The fourth-order valence-corrected chi connectivity index (χ4v) is 1.77. The largest absolute Gasteiger partial charge is 0.468 e. The van der Waals surface area contributed by atoms with Crippen LogP contribution >= 0.6 is 0 Å². The first-order chi connectivity index (χ1) is 6.75. The summed E-state index contributed by atoms with van der Waals surface area (Å²) in [6.45, 7) is 5.96. The number of ether oxygens (including phenoxy) is 1. The molecule has 14 heavy (non-hydrogen) atoms. The van der Waals surface area contributed by atoms with E-state index in [0.717, 1.165) is 25.9 Å². The number of carbonyl (C=O) groups excluding carboxylic acids is 1. The fraction of sp³-hybridized carbons (Fsp3) is 0.700. The van der Waals surface area contributed by atoms with E-state index in [0.29, 0.717) is 6.54 Å². The maximum atomic E-state index is 11.6. The first-order valence-electron chi connectivity index (χ1n) is 4.90. The molecule has 80 valence electrons. The van der Waals surface area contributed by atoms with E-state index < -0.39 is 5.54 Å². The van der Waals surface area contributed by atoms with Crippen molar-refractivity contribution in [2.45, 2.75) is 18.4 Å². The molecule has 0 radical (unpaired) electrons. The maximum absolute atomic E-state index is 11.6. The molecule has 4 heteroatoms. The highest BCUT2D eigenvalue weighted by Gasteiger charge is 2.39. The Hall–Kier alpha value is -0.870. The monoisotopic (exact) mass is 198 g/mol. The van der Waals surface area contributed by atoms with Gasteiger partial charge < -0.3 is 10.1 Å². The number of piperidine rings is 1. The van der Waals surface area contributed by atoms with Gasteiger partial charge in [-0.15, -0.1) is 6.58 Å². The third kappa shape index (κ3) is 2.33. The summed E-state index contributed by atoms with van der Waals surface area (Å²) >= 11 is 0. The molecule has 4 nitrogen and oxygen atoms in total. The summed E-state index contributed by atoms with van der Waals surface area (Å²) < 4.78 is 4.83. The predicted octanol–water partition coefficient (Wildman–Crippen LogP) is 0.0572. The Morgan fingerprint density at radius 2 is 2.29 bits per heavy atom. The SMILES string of the molecule is C=CCNC1(C(=O)OC)CCNCC1. The Morgan fingerprint density at radius 1 is 1.64 bits per heavy atom. The van der Waals surface area contributed by atoms with Gasteiger partial charge >= 0.3 is 5.97 Å². The maximum Gasteiger partial charge on any atom is 0.326 e. The van der Waals surface area contributed by atoms with Crippen molar-refractivity contribution in [2.75, 3.05) is 26.7 Å². The molecule has 1 saturated heterocycles. The highest BCUT2D eigenvalue weighted by atomic mass is 16.5. The molecule has 0 amide bonds. The van der Waals surface area contributed by atoms with Gasteiger partial charge in [-0.05, 0) is 25.9 Å². The summed E-state index contributed by atoms with van der Waals surface area (Å²) in [4.78, 5) is 11.6. The van der Waals surface area contributed by atoms with Gasteiger partial charge in [-0.25, -0.2) is 0 Å². The second-order valence-corrected chi connectivity index (χ2v) is 3.49. The van der Waals surface area contributed by atoms with E-state index in [2.05, 4.69) is 17.2 Å². The summed E-state index contributed by atoms with van der Waals surface area (Å²) in [5.74, 6) is -0.166. The first kappa shape index (κ1) is 11.2. The van der Waals surface area contributed by atoms with Crippen molar-refractivity contribution >= 4 is 5.97 Å². The van der Waals surface area contributed by atoms with Crippen LogP contribution in [0.5, 0.6) is 0 Å². The van der Waals surface area contributed by atoms with E-state index in [4.69, 9.17) is 4.74 Å². The van der Waals surface area contributed by atoms with Gasteiger partial charge in [-0.2, -0.15) is 0 Å². The number of carbonyl (C=O) groups is 1. The van der Waals surface area contributed by atoms with Gasteiger partial charge in [0.2, 0.25) is 0 Å². The molecule has 1 fully saturated rings. The van der Waals surface area contributed by atoms with Crippen LogP contribution < -0.4 is 10.6 Å². The van der Waals surface area contributed by atoms with Gasteiger partial charge in [-0.1, -0.05) is 6.08 Å². The predicted molar refractivity (Wildman–Crippen MR) is 55.1 cm³/mol. The van der Waals surface area contributed by atoms with Crippen LogP contribution in [0.1, 0.15) is 12.8 Å². The number of hydrogen-bond donors (Lipinski definition) is 2. The minimum absolute atomic E-state index is 0.166. The van der Waals surface area contributed by atoms with Crippen molar-refractivity contribution in [1.82, 2.24) is 10.6 Å². The smallest absolute Gasteiger partial charge is 0.326 e. The van der Waals surface area contributed by atoms with Crippen LogP contribution in [0.3, 0.4) is 0 Å². The van der Waals surface area contributed by atoms with Crippen LogP contribution in [0, 0.1) is 0 Å². The fourth-order valence-electron chi connectivity index (χ4n) is 1.77. The van der Waals surface area contributed by atoms with E-state index in [-0.39, 0.29) is 5.97 Å². The molecular weight excluding hydrogens is 180 g/mol. The van der Waals surface area contributed by atoms with Crippen LogP contribution in [-0.2, 0) is 9.53 Å². The number of rotatable bonds is 4. The van der Waals surface area contributed by atoms with Gasteiger partial charge in [0.1, 0.15) is 5.54 Å². The molecule has 0 aromatic rings. The Balaban J connectivity index is 2.66. The zero-order valence-electron chi connectivity index (χ0n) is 8.64. The molecule has 0 saturated carbocycles. The molecule has 0 bridgehead atoms. The quantitative estimate of drug-likeness (QED) is 0.495. The lowest BCUT2D eigenvalue weighted by Gasteiger charge is -2.35. The Bertz CT molecular complexity index is 210. The van der Waals surface area contributed by atoms with Crippen LogP contribution in [0.15, 0.2) is 12.7 Å². The minimum atomic E-state index is -0.506. The van der Waals surface area contributed by atoms with Crippen molar-refractivity contribution in [3.8, 4) is 0 Å². The molecule has 1 rings (SSSR count). The first-order valence-corrected chi connectivity index (χ1v) is 4.90. The normalized spacial score (nSPS) is 20.1. The summed E-state index contributed by atoms with van der Waals surface area (Å²) in [6.07, 6.45) is 3.30. The van der Waals surface area contributed by atoms with E-state index in [1.165, 1.54) is 7.11 Å². The summed E-state index contributed by atoms with van der Waals surface area (Å²) in [5, 5.41) is 6.42.